The molecule has 2 aliphatic rings. The largest absolute Gasteiger partial charge is 0.392 e. The molecule has 0 unspecified atom stereocenters. The Labute approximate surface area is 249 Å². The third kappa shape index (κ3) is 7.15. The van der Waals surface area contributed by atoms with Crippen molar-refractivity contribution in [2.75, 3.05) is 61.8 Å². The third-order valence-electron chi connectivity index (χ3n) is 8.00. The fraction of sp³-hybridized carbons (Fsp3) is 0.467. The highest BCUT2D eigenvalue weighted by molar-refractivity contribution is 9.10. The lowest BCUT2D eigenvalue weighted by Gasteiger charge is -2.43. The topological polar surface area (TPSA) is 100 Å². The van der Waals surface area contributed by atoms with Gasteiger partial charge in [0, 0.05) is 79.7 Å². The van der Waals surface area contributed by atoms with Crippen molar-refractivity contribution >= 4 is 44.8 Å². The van der Waals surface area contributed by atoms with Crippen molar-refractivity contribution in [3.63, 3.8) is 0 Å². The number of nitrogens with zero attached hydrogens (tertiary/aromatic N) is 5. The summed E-state index contributed by atoms with van der Waals surface area (Å²) in [7, 11) is 2.19. The molecule has 0 amide bonds. The van der Waals surface area contributed by atoms with E-state index in [4.69, 9.17) is 0 Å². The summed E-state index contributed by atoms with van der Waals surface area (Å²) in [6.07, 6.45) is 3.85. The van der Waals surface area contributed by atoms with Gasteiger partial charge in [0.1, 0.15) is 11.6 Å². The highest BCUT2D eigenvalue weighted by atomic mass is 79.9. The van der Waals surface area contributed by atoms with E-state index in [-0.39, 0.29) is 6.61 Å². The quantitative estimate of drug-likeness (QED) is 0.281. The average Bonchev–Trinajstić information content (AvgIpc) is 2.95. The maximum atomic E-state index is 14.1. The Balaban J connectivity index is 1.28. The molecule has 41 heavy (non-hydrogen) atoms. The van der Waals surface area contributed by atoms with Crippen LogP contribution in [-0.2, 0) is 12.2 Å². The number of aliphatic hydroxyl groups excluding tert-OH is 1. The second-order valence-electron chi connectivity index (χ2n) is 11.4. The molecule has 0 atom stereocenters. The smallest absolute Gasteiger partial charge is 0.229 e. The molecule has 0 bridgehead atoms. The SMILES string of the molecule is CN1CCN(C2CCN(c3ccc(Nc4ncc(Br)c(Nc5cc(F)ccc5C(C)(C)O)n4)cc3CO)CC2)CC1. The van der Waals surface area contributed by atoms with Gasteiger partial charge in [0.05, 0.1) is 16.7 Å². The van der Waals surface area contributed by atoms with Crippen LogP contribution >= 0.6 is 15.9 Å². The van der Waals surface area contributed by atoms with E-state index >= 15 is 0 Å². The van der Waals surface area contributed by atoms with Crippen LogP contribution in [0.25, 0.3) is 0 Å². The fourth-order valence-corrected chi connectivity index (χ4v) is 5.97. The normalized spacial score (nSPS) is 17.6. The third-order valence-corrected chi connectivity index (χ3v) is 8.58. The molecule has 2 aliphatic heterocycles. The zero-order valence-corrected chi connectivity index (χ0v) is 25.5. The number of anilines is 5. The zero-order chi connectivity index (χ0) is 29.1. The summed E-state index contributed by atoms with van der Waals surface area (Å²) in [5, 5.41) is 27.1. The lowest BCUT2D eigenvalue weighted by Crippen LogP contribution is -2.52. The number of rotatable bonds is 8. The number of likely N-dealkylation sites (N-methyl/N-ethyl adjacent to an activating group) is 1. The molecule has 1 aromatic heterocycles. The molecule has 0 aliphatic carbocycles. The summed E-state index contributed by atoms with van der Waals surface area (Å²) < 4.78 is 14.6. The molecular weight excluding hydrogens is 589 g/mol. The van der Waals surface area contributed by atoms with Crippen molar-refractivity contribution in [1.82, 2.24) is 19.8 Å². The lowest BCUT2D eigenvalue weighted by atomic mass is 9.96. The maximum Gasteiger partial charge on any atom is 0.229 e. The Morgan fingerprint density at radius 1 is 1.02 bits per heavy atom. The van der Waals surface area contributed by atoms with Crippen molar-refractivity contribution in [3.8, 4) is 0 Å². The van der Waals surface area contributed by atoms with Gasteiger partial charge in [-0.15, -0.1) is 0 Å². The first-order valence-electron chi connectivity index (χ1n) is 14.1. The van der Waals surface area contributed by atoms with Crippen LogP contribution in [0.15, 0.2) is 47.1 Å². The van der Waals surface area contributed by atoms with Crippen LogP contribution in [0.4, 0.5) is 33.2 Å². The fourth-order valence-electron chi connectivity index (χ4n) is 5.68. The molecule has 0 spiro atoms. The van der Waals surface area contributed by atoms with Gasteiger partial charge in [-0.3, -0.25) is 4.90 Å². The van der Waals surface area contributed by atoms with Crippen LogP contribution in [0, 0.1) is 5.82 Å². The minimum atomic E-state index is -1.18. The van der Waals surface area contributed by atoms with E-state index < -0.39 is 11.4 Å². The standard InChI is InChI=1S/C30H39BrFN7O2/c1-30(2,41)24-6-4-21(32)17-26(24)35-28-25(31)18-33-29(36-28)34-22-5-7-27(20(16-22)19-40)39-10-8-23(9-11-39)38-14-12-37(3)13-15-38/h4-7,16-18,23,40-41H,8-15,19H2,1-3H3,(H2,33,34,35,36). The minimum absolute atomic E-state index is 0.0729. The zero-order valence-electron chi connectivity index (χ0n) is 23.9. The molecule has 3 heterocycles. The first kappa shape index (κ1) is 29.7. The molecule has 2 fully saturated rings. The van der Waals surface area contributed by atoms with E-state index in [1.165, 1.54) is 12.1 Å². The van der Waals surface area contributed by atoms with Gasteiger partial charge in [0.25, 0.3) is 0 Å². The molecule has 3 aromatic rings. The maximum absolute atomic E-state index is 14.1. The molecule has 9 nitrogen and oxygen atoms in total. The van der Waals surface area contributed by atoms with Gasteiger partial charge in [-0.25, -0.2) is 9.37 Å². The van der Waals surface area contributed by atoms with Crippen LogP contribution in [0.1, 0.15) is 37.8 Å². The number of piperazine rings is 1. The summed E-state index contributed by atoms with van der Waals surface area (Å²) in [6.45, 7) is 9.70. The highest BCUT2D eigenvalue weighted by Crippen LogP contribution is 2.34. The van der Waals surface area contributed by atoms with Gasteiger partial charge in [0.15, 0.2) is 0 Å². The van der Waals surface area contributed by atoms with E-state index in [0.717, 1.165) is 69.0 Å². The van der Waals surface area contributed by atoms with E-state index in [9.17, 15) is 14.6 Å². The second kappa shape index (κ2) is 12.6. The van der Waals surface area contributed by atoms with Crippen molar-refractivity contribution in [1.29, 1.82) is 0 Å². The van der Waals surface area contributed by atoms with Crippen LogP contribution in [0.5, 0.6) is 0 Å². The average molecular weight is 629 g/mol. The molecule has 2 aromatic carbocycles. The van der Waals surface area contributed by atoms with E-state index in [1.54, 1.807) is 26.1 Å². The minimum Gasteiger partial charge on any atom is -0.392 e. The Bertz CT molecular complexity index is 1350. The molecule has 5 rings (SSSR count). The van der Waals surface area contributed by atoms with E-state index in [2.05, 4.69) is 58.3 Å². The Kier molecular flexibility index (Phi) is 9.10. The highest BCUT2D eigenvalue weighted by Gasteiger charge is 2.27. The summed E-state index contributed by atoms with van der Waals surface area (Å²) in [4.78, 5) is 16.4. The number of aromatic nitrogens is 2. The number of hydrogen-bond acceptors (Lipinski definition) is 9. The molecule has 0 saturated carbocycles. The summed E-state index contributed by atoms with van der Waals surface area (Å²) >= 11 is 3.46. The van der Waals surface area contributed by atoms with Crippen molar-refractivity contribution in [2.24, 2.45) is 0 Å². The number of aliphatic hydroxyl groups is 2. The summed E-state index contributed by atoms with van der Waals surface area (Å²) in [5.41, 5.74) is 2.42. The molecule has 4 N–H and O–H groups in total. The van der Waals surface area contributed by atoms with Crippen LogP contribution in [0.2, 0.25) is 0 Å². The molecule has 220 valence electrons. The number of hydrogen-bond donors (Lipinski definition) is 4. The number of benzene rings is 2. The van der Waals surface area contributed by atoms with E-state index in [0.29, 0.717) is 33.5 Å². The van der Waals surface area contributed by atoms with Crippen LogP contribution in [-0.4, -0.2) is 82.3 Å². The van der Waals surface area contributed by atoms with Crippen LogP contribution in [0.3, 0.4) is 0 Å². The van der Waals surface area contributed by atoms with Gasteiger partial charge in [-0.2, -0.15) is 4.98 Å². The Morgan fingerprint density at radius 3 is 2.44 bits per heavy atom. The second-order valence-corrected chi connectivity index (χ2v) is 12.3. The number of piperidine rings is 1. The lowest BCUT2D eigenvalue weighted by molar-refractivity contribution is 0.0793. The number of halogens is 2. The Morgan fingerprint density at radius 2 is 1.76 bits per heavy atom. The molecule has 2 saturated heterocycles. The van der Waals surface area contributed by atoms with Crippen molar-refractivity contribution in [3.05, 3.63) is 64.0 Å². The number of nitrogens with one attached hydrogen (secondary N) is 2. The van der Waals surface area contributed by atoms with Crippen molar-refractivity contribution < 1.29 is 14.6 Å². The predicted octanol–water partition coefficient (Wildman–Crippen LogP) is 4.80. The van der Waals surface area contributed by atoms with Crippen molar-refractivity contribution in [2.45, 2.75) is 44.9 Å². The first-order valence-corrected chi connectivity index (χ1v) is 14.9. The van der Waals surface area contributed by atoms with Crippen LogP contribution < -0.4 is 15.5 Å². The first-order chi connectivity index (χ1) is 19.6. The van der Waals surface area contributed by atoms with Gasteiger partial charge >= 0.3 is 0 Å². The van der Waals surface area contributed by atoms with E-state index in [1.807, 2.05) is 18.2 Å². The van der Waals surface area contributed by atoms with Gasteiger partial charge < -0.3 is 30.6 Å². The molecule has 11 heteroatoms. The molecule has 0 radical (unpaired) electrons. The van der Waals surface area contributed by atoms with Gasteiger partial charge in [0.2, 0.25) is 5.95 Å². The van der Waals surface area contributed by atoms with Gasteiger partial charge in [-0.1, -0.05) is 6.07 Å². The summed E-state index contributed by atoms with van der Waals surface area (Å²) in [5.74, 6) is 0.326. The molecular formula is C30H39BrFN7O2. The Hall–Kier alpha value is -2.83. The summed E-state index contributed by atoms with van der Waals surface area (Å²) in [6, 6.07) is 10.8. The predicted molar refractivity (Wildman–Crippen MR) is 165 cm³/mol. The monoisotopic (exact) mass is 627 g/mol. The van der Waals surface area contributed by atoms with Gasteiger partial charge in [-0.05, 0) is 80.0 Å².